The zero-order valence-corrected chi connectivity index (χ0v) is 16.2. The second kappa shape index (κ2) is 9.56. The molecule has 1 N–H and O–H groups in total. The summed E-state index contributed by atoms with van der Waals surface area (Å²) in [6.45, 7) is 3.76. The molecule has 0 bridgehead atoms. The zero-order valence-electron chi connectivity index (χ0n) is 13.0. The zero-order chi connectivity index (χ0) is 15.9. The number of carbonyl (C=O) groups is 1. The van der Waals surface area contributed by atoms with E-state index in [1.165, 1.54) is 30.0 Å². The van der Waals surface area contributed by atoms with E-state index in [0.29, 0.717) is 0 Å². The Bertz CT molecular complexity index is 722. The van der Waals surface area contributed by atoms with Crippen molar-refractivity contribution in [1.82, 2.24) is 0 Å². The van der Waals surface area contributed by atoms with E-state index in [1.807, 2.05) is 6.07 Å². The van der Waals surface area contributed by atoms with Gasteiger partial charge in [0, 0.05) is 38.4 Å². The van der Waals surface area contributed by atoms with Gasteiger partial charge in [-0.15, -0.1) is 23.6 Å². The van der Waals surface area contributed by atoms with Gasteiger partial charge >= 0.3 is 0 Å². The standard InChI is InChI=1S/C13H10NS.C5H8O2.Ir/c1-2-7-12-10(5-1)9-13(15-12)11-6-3-4-8-14-11;1-4(6)3-5(2)7;/h1-3,5-7H,4,8H2;3,6H,1-2H3;/q-1;;/b;4-3-;. The first-order valence-corrected chi connectivity index (χ1v) is 7.88. The molecule has 0 atom stereocenters. The van der Waals surface area contributed by atoms with Crippen LogP contribution < -0.4 is 0 Å². The van der Waals surface area contributed by atoms with Crippen molar-refractivity contribution in [3.8, 4) is 0 Å². The van der Waals surface area contributed by atoms with Crippen LogP contribution in [0.4, 0.5) is 0 Å². The fourth-order valence-electron chi connectivity index (χ4n) is 1.98. The van der Waals surface area contributed by atoms with E-state index in [2.05, 4.69) is 41.4 Å². The number of aliphatic imine (C=N–C) groups is 1. The van der Waals surface area contributed by atoms with Gasteiger partial charge in [-0.1, -0.05) is 24.3 Å². The molecule has 0 spiro atoms. The summed E-state index contributed by atoms with van der Waals surface area (Å²) in [5, 5.41) is 9.56. The molecule has 1 radical (unpaired) electrons. The molecule has 0 fully saturated rings. The van der Waals surface area contributed by atoms with Gasteiger partial charge in [-0.05, 0) is 29.8 Å². The Hall–Kier alpha value is -1.55. The van der Waals surface area contributed by atoms with Crippen LogP contribution >= 0.6 is 11.3 Å². The number of fused-ring (bicyclic) bond motifs is 1. The van der Waals surface area contributed by atoms with Crippen molar-refractivity contribution in [3.05, 3.63) is 59.2 Å². The summed E-state index contributed by atoms with van der Waals surface area (Å²) in [5.74, 6) is -0.0625. The molecular formula is C18H18IrNO2S-. The second-order valence-electron chi connectivity index (χ2n) is 4.91. The Morgan fingerprint density at radius 2 is 2.09 bits per heavy atom. The monoisotopic (exact) mass is 505 g/mol. The molecule has 3 rings (SSSR count). The molecule has 2 heterocycles. The smallest absolute Gasteiger partial charge is 0.155 e. The molecule has 0 saturated carbocycles. The van der Waals surface area contributed by atoms with E-state index in [4.69, 9.17) is 5.11 Å². The summed E-state index contributed by atoms with van der Waals surface area (Å²) in [7, 11) is 0. The maximum Gasteiger partial charge on any atom is 0.155 e. The van der Waals surface area contributed by atoms with Crippen molar-refractivity contribution < 1.29 is 30.0 Å². The normalized spacial score (nSPS) is 13.7. The van der Waals surface area contributed by atoms with Crippen LogP contribution in [0.15, 0.2) is 53.2 Å². The second-order valence-corrected chi connectivity index (χ2v) is 5.96. The van der Waals surface area contributed by atoms with Gasteiger partial charge in [0.05, 0.1) is 5.76 Å². The molecule has 1 aliphatic heterocycles. The summed E-state index contributed by atoms with van der Waals surface area (Å²) < 4.78 is 1.29. The first kappa shape index (κ1) is 19.5. The summed E-state index contributed by atoms with van der Waals surface area (Å²) in [6, 6.07) is 11.7. The minimum Gasteiger partial charge on any atom is -0.512 e. The number of nitrogens with zero attached hydrogens (tertiary/aromatic N) is 1. The number of ketones is 1. The predicted molar refractivity (Wildman–Crippen MR) is 92.9 cm³/mol. The molecule has 0 unspecified atom stereocenters. The summed E-state index contributed by atoms with van der Waals surface area (Å²) in [5.41, 5.74) is 1.09. The molecule has 0 amide bonds. The fraction of sp³-hybridized carbons (Fsp3) is 0.222. The third-order valence-electron chi connectivity index (χ3n) is 2.85. The number of dihydropyridines is 1. The van der Waals surface area contributed by atoms with Gasteiger partial charge in [0.15, 0.2) is 5.78 Å². The Kier molecular flexibility index (Phi) is 8.10. The number of allylic oxidation sites excluding steroid dienone is 3. The van der Waals surface area contributed by atoms with E-state index in [0.717, 1.165) is 23.6 Å². The molecule has 1 aliphatic rings. The SMILES string of the molecule is CC(=O)/C=C(/C)O.[Ir].[c-]1c(C2=NCCC=C2)sc2ccccc12. The number of carbonyl (C=O) groups excluding carboxylic acids is 1. The Balaban J connectivity index is 0.000000287. The number of rotatable bonds is 2. The summed E-state index contributed by atoms with van der Waals surface area (Å²) in [4.78, 5) is 15.7. The van der Waals surface area contributed by atoms with Crippen molar-refractivity contribution in [2.24, 2.45) is 4.99 Å². The molecule has 0 aliphatic carbocycles. The average Bonchev–Trinajstić information content (AvgIpc) is 2.91. The first-order chi connectivity index (χ1) is 10.6. The maximum atomic E-state index is 10.0. The van der Waals surface area contributed by atoms with Crippen LogP contribution in [0.25, 0.3) is 10.1 Å². The minimum atomic E-state index is -0.125. The van der Waals surface area contributed by atoms with Gasteiger partial charge in [-0.2, -0.15) is 0 Å². The molecule has 5 heteroatoms. The minimum absolute atomic E-state index is 0. The number of aliphatic hydroxyl groups excluding tert-OH is 1. The number of hydrogen-bond donors (Lipinski definition) is 1. The van der Waals surface area contributed by atoms with Gasteiger partial charge in [-0.3, -0.25) is 4.79 Å². The fourth-order valence-corrected chi connectivity index (χ4v) is 2.98. The predicted octanol–water partition coefficient (Wildman–Crippen LogP) is 4.49. The first-order valence-electron chi connectivity index (χ1n) is 7.06. The molecule has 2 aromatic rings. The van der Waals surface area contributed by atoms with Crippen LogP contribution in [0.2, 0.25) is 0 Å². The van der Waals surface area contributed by atoms with Gasteiger partial charge in [0.2, 0.25) is 0 Å². The van der Waals surface area contributed by atoms with Crippen LogP contribution in [0.1, 0.15) is 25.1 Å². The third-order valence-corrected chi connectivity index (χ3v) is 3.94. The molecule has 1 aromatic carbocycles. The van der Waals surface area contributed by atoms with Crippen LogP contribution in [0, 0.1) is 6.07 Å². The van der Waals surface area contributed by atoms with E-state index < -0.39 is 0 Å². The van der Waals surface area contributed by atoms with E-state index in [1.54, 1.807) is 11.3 Å². The number of aliphatic hydroxyl groups is 1. The van der Waals surface area contributed by atoms with E-state index in [-0.39, 0.29) is 31.6 Å². The Labute approximate surface area is 153 Å². The number of hydrogen-bond acceptors (Lipinski definition) is 4. The molecular weight excluding hydrogens is 486 g/mol. The van der Waals surface area contributed by atoms with E-state index >= 15 is 0 Å². The van der Waals surface area contributed by atoms with Gasteiger partial charge in [0.1, 0.15) is 0 Å². The van der Waals surface area contributed by atoms with Gasteiger partial charge in [0.25, 0.3) is 0 Å². The third kappa shape index (κ3) is 6.22. The quantitative estimate of drug-likeness (QED) is 0.372. The van der Waals surface area contributed by atoms with E-state index in [9.17, 15) is 4.79 Å². The van der Waals surface area contributed by atoms with Crippen molar-refractivity contribution in [2.45, 2.75) is 20.3 Å². The topological polar surface area (TPSA) is 49.7 Å². The van der Waals surface area contributed by atoms with Crippen LogP contribution in [-0.4, -0.2) is 23.1 Å². The Morgan fingerprint density at radius 1 is 1.35 bits per heavy atom. The molecule has 123 valence electrons. The van der Waals surface area contributed by atoms with Crippen LogP contribution in [0.5, 0.6) is 0 Å². The van der Waals surface area contributed by atoms with Crippen molar-refractivity contribution in [1.29, 1.82) is 0 Å². The average molecular weight is 505 g/mol. The molecule has 0 saturated heterocycles. The largest absolute Gasteiger partial charge is 0.512 e. The van der Waals surface area contributed by atoms with Crippen LogP contribution in [0.3, 0.4) is 0 Å². The molecule has 1 aromatic heterocycles. The summed E-state index contributed by atoms with van der Waals surface area (Å²) >= 11 is 1.77. The van der Waals surface area contributed by atoms with Crippen LogP contribution in [-0.2, 0) is 24.9 Å². The Morgan fingerprint density at radius 3 is 2.61 bits per heavy atom. The molecule has 3 nitrogen and oxygen atoms in total. The van der Waals surface area contributed by atoms with Crippen molar-refractivity contribution >= 4 is 32.9 Å². The van der Waals surface area contributed by atoms with Crippen molar-refractivity contribution in [2.75, 3.05) is 6.54 Å². The number of thiophene rings is 1. The summed E-state index contributed by atoms with van der Waals surface area (Å²) in [6.07, 6.45) is 6.51. The van der Waals surface area contributed by atoms with Gasteiger partial charge < -0.3 is 10.1 Å². The number of benzene rings is 1. The van der Waals surface area contributed by atoms with Gasteiger partial charge in [-0.25, -0.2) is 11.3 Å². The van der Waals surface area contributed by atoms with Crippen molar-refractivity contribution in [3.63, 3.8) is 0 Å². The maximum absolute atomic E-state index is 10.0. The molecule has 23 heavy (non-hydrogen) atoms.